The summed E-state index contributed by atoms with van der Waals surface area (Å²) in [4.78, 5) is 28.7. The molecule has 2 amide bonds. The number of rotatable bonds is 8. The Labute approximate surface area is 187 Å². The van der Waals surface area contributed by atoms with Crippen molar-refractivity contribution in [3.05, 3.63) is 22.2 Å². The fraction of sp³-hybridized carbons (Fsp3) is 0.636. The van der Waals surface area contributed by atoms with Crippen LogP contribution in [0.3, 0.4) is 0 Å². The number of nitrogens with zero attached hydrogens (tertiary/aromatic N) is 2. The highest BCUT2D eigenvalue weighted by molar-refractivity contribution is 9.10. The molecule has 0 bridgehead atoms. The summed E-state index contributed by atoms with van der Waals surface area (Å²) in [7, 11) is 0. The topological polar surface area (TPSA) is 68.3 Å². The van der Waals surface area contributed by atoms with Crippen LogP contribution >= 0.6 is 15.9 Å². The van der Waals surface area contributed by atoms with Gasteiger partial charge >= 0.3 is 6.09 Å². The molecule has 168 valence electrons. The van der Waals surface area contributed by atoms with Gasteiger partial charge in [-0.1, -0.05) is 29.8 Å². The number of ether oxygens (including phenoxy) is 3. The van der Waals surface area contributed by atoms with Crippen LogP contribution in [0.25, 0.3) is 0 Å². The van der Waals surface area contributed by atoms with Gasteiger partial charge in [-0.05, 0) is 43.9 Å². The minimum absolute atomic E-state index is 0.0275. The second kappa shape index (κ2) is 12.0. The van der Waals surface area contributed by atoms with E-state index in [4.69, 9.17) is 14.2 Å². The number of hydrogen-bond donors (Lipinski definition) is 0. The van der Waals surface area contributed by atoms with Crippen molar-refractivity contribution in [1.29, 1.82) is 0 Å². The van der Waals surface area contributed by atoms with Gasteiger partial charge in [0.2, 0.25) is 5.91 Å². The van der Waals surface area contributed by atoms with Crippen LogP contribution in [0.15, 0.2) is 16.6 Å². The van der Waals surface area contributed by atoms with Crippen molar-refractivity contribution in [3.63, 3.8) is 0 Å². The Hall–Kier alpha value is -1.96. The molecule has 7 nitrogen and oxygen atoms in total. The van der Waals surface area contributed by atoms with Gasteiger partial charge in [0.05, 0.1) is 26.2 Å². The smallest absolute Gasteiger partial charge is 0.409 e. The molecule has 0 atom stereocenters. The molecule has 1 saturated heterocycles. The van der Waals surface area contributed by atoms with Gasteiger partial charge in [-0.3, -0.25) is 4.79 Å². The van der Waals surface area contributed by atoms with E-state index in [1.54, 1.807) is 4.90 Å². The molecule has 30 heavy (non-hydrogen) atoms. The van der Waals surface area contributed by atoms with Gasteiger partial charge in [0.1, 0.15) is 0 Å². The average Bonchev–Trinajstić information content (AvgIpc) is 2.96. The highest BCUT2D eigenvalue weighted by Gasteiger charge is 2.24. The van der Waals surface area contributed by atoms with Crippen molar-refractivity contribution >= 4 is 27.9 Å². The van der Waals surface area contributed by atoms with E-state index in [1.807, 2.05) is 44.7 Å². The number of halogens is 1. The van der Waals surface area contributed by atoms with E-state index >= 15 is 0 Å². The van der Waals surface area contributed by atoms with E-state index in [0.29, 0.717) is 63.4 Å². The Morgan fingerprint density at radius 3 is 2.23 bits per heavy atom. The second-order valence-corrected chi connectivity index (χ2v) is 8.48. The SMILES string of the molecule is CCOc1cc(Br)c(CC(=O)N2CCCN(C(=O)OCC(C)C)CC2)cc1OCC. The molecule has 1 heterocycles. The van der Waals surface area contributed by atoms with Crippen LogP contribution in [0.1, 0.15) is 39.7 Å². The zero-order valence-corrected chi connectivity index (χ0v) is 20.0. The number of hydrogen-bond acceptors (Lipinski definition) is 5. The lowest BCUT2D eigenvalue weighted by atomic mass is 10.1. The van der Waals surface area contributed by atoms with E-state index < -0.39 is 0 Å². The maximum atomic E-state index is 12.9. The van der Waals surface area contributed by atoms with Gasteiger partial charge < -0.3 is 24.0 Å². The lowest BCUT2D eigenvalue weighted by Gasteiger charge is -2.22. The predicted octanol–water partition coefficient (Wildman–Crippen LogP) is 4.12. The molecule has 2 rings (SSSR count). The third-order valence-electron chi connectivity index (χ3n) is 4.70. The number of carbonyl (C=O) groups is 2. The van der Waals surface area contributed by atoms with Crippen LogP contribution in [0.2, 0.25) is 0 Å². The minimum atomic E-state index is -0.298. The summed E-state index contributed by atoms with van der Waals surface area (Å²) >= 11 is 3.55. The van der Waals surface area contributed by atoms with Crippen LogP contribution in [0.5, 0.6) is 11.5 Å². The molecular weight excluding hydrogens is 452 g/mol. The molecule has 0 saturated carbocycles. The monoisotopic (exact) mass is 484 g/mol. The van der Waals surface area contributed by atoms with E-state index in [2.05, 4.69) is 15.9 Å². The van der Waals surface area contributed by atoms with Crippen molar-refractivity contribution in [3.8, 4) is 11.5 Å². The fourth-order valence-corrected chi connectivity index (χ4v) is 3.67. The van der Waals surface area contributed by atoms with Crippen molar-refractivity contribution in [1.82, 2.24) is 9.80 Å². The van der Waals surface area contributed by atoms with Crippen LogP contribution in [-0.2, 0) is 16.0 Å². The standard InChI is InChI=1S/C22H33BrN2O5/c1-5-28-19-12-17(18(23)14-20(19)29-6-2)13-21(26)24-8-7-9-25(11-10-24)22(27)30-15-16(3)4/h12,14,16H,5-11,13,15H2,1-4H3. The Morgan fingerprint density at radius 2 is 1.60 bits per heavy atom. The molecule has 0 aliphatic carbocycles. The maximum Gasteiger partial charge on any atom is 0.409 e. The first kappa shape index (κ1) is 24.3. The van der Waals surface area contributed by atoms with Crippen LogP contribution in [-0.4, -0.2) is 67.8 Å². The van der Waals surface area contributed by atoms with Crippen LogP contribution in [0, 0.1) is 5.92 Å². The second-order valence-electron chi connectivity index (χ2n) is 7.63. The maximum absolute atomic E-state index is 12.9. The summed E-state index contributed by atoms with van der Waals surface area (Å²) in [6, 6.07) is 3.72. The van der Waals surface area contributed by atoms with E-state index in [1.165, 1.54) is 0 Å². The zero-order chi connectivity index (χ0) is 22.1. The molecule has 1 aromatic rings. The quantitative estimate of drug-likeness (QED) is 0.555. The molecule has 0 radical (unpaired) electrons. The van der Waals surface area contributed by atoms with E-state index in [0.717, 1.165) is 16.5 Å². The van der Waals surface area contributed by atoms with Gasteiger partial charge in [-0.25, -0.2) is 4.79 Å². The van der Waals surface area contributed by atoms with Gasteiger partial charge in [-0.15, -0.1) is 0 Å². The molecule has 0 spiro atoms. The van der Waals surface area contributed by atoms with Crippen molar-refractivity contribution in [2.75, 3.05) is 46.0 Å². The van der Waals surface area contributed by atoms with Gasteiger partial charge in [0.25, 0.3) is 0 Å². The van der Waals surface area contributed by atoms with Crippen LogP contribution < -0.4 is 9.47 Å². The Kier molecular flexibility index (Phi) is 9.75. The van der Waals surface area contributed by atoms with Crippen molar-refractivity contribution < 1.29 is 23.8 Å². The van der Waals surface area contributed by atoms with Crippen LogP contribution in [0.4, 0.5) is 4.79 Å². The lowest BCUT2D eigenvalue weighted by molar-refractivity contribution is -0.130. The van der Waals surface area contributed by atoms with Gasteiger partial charge in [0.15, 0.2) is 11.5 Å². The van der Waals surface area contributed by atoms with Crippen molar-refractivity contribution in [2.45, 2.75) is 40.5 Å². The number of carbonyl (C=O) groups excluding carboxylic acids is 2. The molecular formula is C22H33BrN2O5. The molecule has 1 fully saturated rings. The molecule has 8 heteroatoms. The van der Waals surface area contributed by atoms with Gasteiger partial charge in [-0.2, -0.15) is 0 Å². The highest BCUT2D eigenvalue weighted by atomic mass is 79.9. The molecule has 1 aliphatic rings. The largest absolute Gasteiger partial charge is 0.490 e. The van der Waals surface area contributed by atoms with E-state index in [-0.39, 0.29) is 18.4 Å². The molecule has 0 N–H and O–H groups in total. The molecule has 0 unspecified atom stereocenters. The highest BCUT2D eigenvalue weighted by Crippen LogP contribution is 2.34. The normalized spacial score (nSPS) is 14.5. The Morgan fingerprint density at radius 1 is 1.00 bits per heavy atom. The van der Waals surface area contributed by atoms with Crippen molar-refractivity contribution in [2.24, 2.45) is 5.92 Å². The molecule has 0 aromatic heterocycles. The fourth-order valence-electron chi connectivity index (χ4n) is 3.20. The third kappa shape index (κ3) is 7.07. The summed E-state index contributed by atoms with van der Waals surface area (Å²) in [5.74, 6) is 1.63. The molecule has 1 aliphatic heterocycles. The van der Waals surface area contributed by atoms with E-state index in [9.17, 15) is 9.59 Å². The van der Waals surface area contributed by atoms with Gasteiger partial charge in [0, 0.05) is 30.7 Å². The summed E-state index contributed by atoms with van der Waals surface area (Å²) in [5.41, 5.74) is 0.851. The first-order valence-electron chi connectivity index (χ1n) is 10.6. The summed E-state index contributed by atoms with van der Waals surface area (Å²) in [5, 5.41) is 0. The summed E-state index contributed by atoms with van der Waals surface area (Å²) < 4.78 is 17.5. The Balaban J connectivity index is 2.00. The minimum Gasteiger partial charge on any atom is -0.490 e. The lowest BCUT2D eigenvalue weighted by Crippen LogP contribution is -2.38. The third-order valence-corrected chi connectivity index (χ3v) is 5.44. The first-order valence-corrected chi connectivity index (χ1v) is 11.4. The summed E-state index contributed by atoms with van der Waals surface area (Å²) in [6.45, 7) is 11.5. The molecule has 1 aromatic carbocycles. The Bertz CT molecular complexity index is 726. The summed E-state index contributed by atoms with van der Waals surface area (Å²) in [6.07, 6.45) is 0.691. The predicted molar refractivity (Wildman–Crippen MR) is 119 cm³/mol. The average molecular weight is 485 g/mol. The first-order chi connectivity index (χ1) is 14.3. The number of amides is 2. The zero-order valence-electron chi connectivity index (χ0n) is 18.4. The number of benzene rings is 1.